The predicted molar refractivity (Wildman–Crippen MR) is 265 cm³/mol. The topological polar surface area (TPSA) is 48.5 Å². The molecule has 0 amide bonds. The maximum atomic E-state index is 5.17. The molecule has 0 spiro atoms. The van der Waals surface area contributed by atoms with Gasteiger partial charge in [0.05, 0.1) is 27.8 Å². The lowest BCUT2D eigenvalue weighted by molar-refractivity contribution is 1.08. The molecule has 0 fully saturated rings. The van der Waals surface area contributed by atoms with Gasteiger partial charge in [-0.05, 0) is 75.8 Å². The number of benzene rings is 10. The molecule has 13 rings (SSSR count). The van der Waals surface area contributed by atoms with Crippen LogP contribution in [-0.2, 0) is 0 Å². The molecular formula is C59H37N5. The van der Waals surface area contributed by atoms with E-state index in [0.29, 0.717) is 17.5 Å². The standard InChI is InChI=1S/C59H37N5/c1-5-17-38(18-6-1)42-29-31-47-49-36-50-55(63(43-24-11-4-12-25-43)52-33-30-39-19-13-14-26-44(39)56(50)52)37-54(49)64(53(47)35-42)51-34-32-48(45-27-15-16-28-46(45)51)59-61-57(40-20-7-2-8-21-40)60-58(62-59)41-22-9-3-10-23-41/h1-37H. The van der Waals surface area contributed by atoms with E-state index in [1.165, 1.54) is 49.0 Å². The molecule has 3 aromatic heterocycles. The van der Waals surface area contributed by atoms with E-state index < -0.39 is 0 Å². The maximum Gasteiger partial charge on any atom is 0.164 e. The lowest BCUT2D eigenvalue weighted by Gasteiger charge is -2.16. The summed E-state index contributed by atoms with van der Waals surface area (Å²) in [6, 6.07) is 80.0. The quantitative estimate of drug-likeness (QED) is 0.168. The van der Waals surface area contributed by atoms with Crippen LogP contribution in [0.5, 0.6) is 0 Å². The first-order valence-electron chi connectivity index (χ1n) is 21.7. The Hall–Kier alpha value is -8.67. The third-order valence-corrected chi connectivity index (χ3v) is 12.7. The van der Waals surface area contributed by atoms with Crippen molar-refractivity contribution in [3.05, 3.63) is 224 Å². The van der Waals surface area contributed by atoms with Crippen LogP contribution in [0.25, 0.3) is 122 Å². The zero-order valence-electron chi connectivity index (χ0n) is 34.6. The van der Waals surface area contributed by atoms with Gasteiger partial charge in [0.1, 0.15) is 0 Å². The van der Waals surface area contributed by atoms with Gasteiger partial charge < -0.3 is 9.13 Å². The fraction of sp³-hybridized carbons (Fsp3) is 0. The number of rotatable bonds is 6. The fourth-order valence-electron chi connectivity index (χ4n) is 9.82. The zero-order chi connectivity index (χ0) is 42.1. The first-order chi connectivity index (χ1) is 31.7. The summed E-state index contributed by atoms with van der Waals surface area (Å²) in [6.07, 6.45) is 0. The van der Waals surface area contributed by atoms with Gasteiger partial charge in [-0.2, -0.15) is 0 Å². The monoisotopic (exact) mass is 815 g/mol. The number of nitrogens with zero attached hydrogens (tertiary/aromatic N) is 5. The van der Waals surface area contributed by atoms with E-state index in [4.69, 9.17) is 15.0 Å². The van der Waals surface area contributed by atoms with Crippen molar-refractivity contribution in [2.45, 2.75) is 0 Å². The number of hydrogen-bond donors (Lipinski definition) is 0. The second kappa shape index (κ2) is 14.5. The van der Waals surface area contributed by atoms with Gasteiger partial charge in [-0.1, -0.05) is 176 Å². The highest BCUT2D eigenvalue weighted by Crippen LogP contribution is 2.44. The maximum absolute atomic E-state index is 5.17. The van der Waals surface area contributed by atoms with Crippen molar-refractivity contribution < 1.29 is 0 Å². The van der Waals surface area contributed by atoms with Gasteiger partial charge in [0.15, 0.2) is 17.5 Å². The van der Waals surface area contributed by atoms with Gasteiger partial charge in [0.2, 0.25) is 0 Å². The molecule has 10 aromatic carbocycles. The Morgan fingerprint density at radius 2 is 0.844 bits per heavy atom. The largest absolute Gasteiger partial charge is 0.309 e. The van der Waals surface area contributed by atoms with E-state index >= 15 is 0 Å². The Balaban J connectivity index is 1.12. The molecule has 0 saturated heterocycles. The Labute approximate surface area is 368 Å². The molecule has 5 heteroatoms. The normalized spacial score (nSPS) is 11.8. The third-order valence-electron chi connectivity index (χ3n) is 12.7. The second-order valence-electron chi connectivity index (χ2n) is 16.4. The molecule has 0 aliphatic rings. The molecule has 0 N–H and O–H groups in total. The molecule has 64 heavy (non-hydrogen) atoms. The minimum Gasteiger partial charge on any atom is -0.309 e. The van der Waals surface area contributed by atoms with Gasteiger partial charge in [-0.3, -0.25) is 0 Å². The van der Waals surface area contributed by atoms with Crippen LogP contribution >= 0.6 is 0 Å². The Morgan fingerprint density at radius 3 is 1.55 bits per heavy atom. The molecule has 5 nitrogen and oxygen atoms in total. The Kier molecular flexibility index (Phi) is 8.15. The number of fused-ring (bicyclic) bond motifs is 9. The van der Waals surface area contributed by atoms with Crippen LogP contribution < -0.4 is 0 Å². The molecule has 298 valence electrons. The zero-order valence-corrected chi connectivity index (χ0v) is 34.6. The second-order valence-corrected chi connectivity index (χ2v) is 16.4. The summed E-state index contributed by atoms with van der Waals surface area (Å²) in [4.78, 5) is 15.3. The summed E-state index contributed by atoms with van der Waals surface area (Å²) in [6.45, 7) is 0. The van der Waals surface area contributed by atoms with Crippen LogP contribution in [0, 0.1) is 0 Å². The summed E-state index contributed by atoms with van der Waals surface area (Å²) in [5.41, 5.74) is 12.0. The lowest BCUT2D eigenvalue weighted by atomic mass is 10.0. The van der Waals surface area contributed by atoms with E-state index in [9.17, 15) is 0 Å². The first-order valence-corrected chi connectivity index (χ1v) is 21.7. The molecule has 0 saturated carbocycles. The summed E-state index contributed by atoms with van der Waals surface area (Å²) >= 11 is 0. The third kappa shape index (κ3) is 5.68. The van der Waals surface area contributed by atoms with Crippen molar-refractivity contribution in [2.75, 3.05) is 0 Å². The van der Waals surface area contributed by atoms with E-state index in [1.54, 1.807) is 0 Å². The number of hydrogen-bond acceptors (Lipinski definition) is 3. The van der Waals surface area contributed by atoms with Crippen LogP contribution in [0.15, 0.2) is 224 Å². The van der Waals surface area contributed by atoms with E-state index in [1.807, 2.05) is 36.4 Å². The van der Waals surface area contributed by atoms with Crippen molar-refractivity contribution in [1.82, 2.24) is 24.1 Å². The van der Waals surface area contributed by atoms with Crippen LogP contribution in [0.4, 0.5) is 0 Å². The molecule has 0 bridgehead atoms. The van der Waals surface area contributed by atoms with Gasteiger partial charge in [-0.25, -0.2) is 15.0 Å². The smallest absolute Gasteiger partial charge is 0.164 e. The highest BCUT2D eigenvalue weighted by molar-refractivity contribution is 6.25. The molecular weight excluding hydrogens is 779 g/mol. The van der Waals surface area contributed by atoms with Gasteiger partial charge in [-0.15, -0.1) is 0 Å². The van der Waals surface area contributed by atoms with Crippen LogP contribution in [-0.4, -0.2) is 24.1 Å². The highest BCUT2D eigenvalue weighted by atomic mass is 15.0. The van der Waals surface area contributed by atoms with E-state index in [0.717, 1.165) is 55.4 Å². The number of para-hydroxylation sites is 1. The minimum absolute atomic E-state index is 0.630. The SMILES string of the molecule is c1ccc(-c2ccc3c4cc5c6c7ccccc7ccc6n(-c6ccccc6)c5cc4n(-c4ccc(-c5nc(-c6ccccc6)nc(-c6ccccc6)n5)c5ccccc45)c3c2)cc1. The van der Waals surface area contributed by atoms with Crippen molar-refractivity contribution in [3.8, 4) is 56.7 Å². The molecule has 0 aliphatic heterocycles. The minimum atomic E-state index is 0.630. The predicted octanol–water partition coefficient (Wildman–Crippen LogP) is 15.0. The summed E-state index contributed by atoms with van der Waals surface area (Å²) in [5, 5.41) is 9.53. The molecule has 13 aromatic rings. The summed E-state index contributed by atoms with van der Waals surface area (Å²) < 4.78 is 4.91. The van der Waals surface area contributed by atoms with Crippen molar-refractivity contribution in [1.29, 1.82) is 0 Å². The molecule has 3 heterocycles. The van der Waals surface area contributed by atoms with Crippen LogP contribution in [0.2, 0.25) is 0 Å². The summed E-state index contributed by atoms with van der Waals surface area (Å²) in [5.74, 6) is 1.91. The van der Waals surface area contributed by atoms with Crippen molar-refractivity contribution >= 4 is 65.2 Å². The molecule has 0 atom stereocenters. The van der Waals surface area contributed by atoms with Crippen LogP contribution in [0.3, 0.4) is 0 Å². The number of aromatic nitrogens is 5. The Morgan fingerprint density at radius 1 is 0.281 bits per heavy atom. The Bertz CT molecular complexity index is 3870. The van der Waals surface area contributed by atoms with E-state index in [-0.39, 0.29) is 0 Å². The lowest BCUT2D eigenvalue weighted by Crippen LogP contribution is -2.02. The van der Waals surface area contributed by atoms with Gasteiger partial charge >= 0.3 is 0 Å². The average molecular weight is 816 g/mol. The van der Waals surface area contributed by atoms with Crippen LogP contribution in [0.1, 0.15) is 0 Å². The molecule has 0 radical (unpaired) electrons. The highest BCUT2D eigenvalue weighted by Gasteiger charge is 2.23. The fourth-order valence-corrected chi connectivity index (χ4v) is 9.82. The first kappa shape index (κ1) is 36.0. The average Bonchev–Trinajstić information content (AvgIpc) is 3.87. The molecule has 0 unspecified atom stereocenters. The van der Waals surface area contributed by atoms with E-state index in [2.05, 4.69) is 197 Å². The summed E-state index contributed by atoms with van der Waals surface area (Å²) in [7, 11) is 0. The van der Waals surface area contributed by atoms with Crippen molar-refractivity contribution in [3.63, 3.8) is 0 Å². The van der Waals surface area contributed by atoms with Gasteiger partial charge in [0, 0.05) is 49.3 Å². The van der Waals surface area contributed by atoms with Crippen molar-refractivity contribution in [2.24, 2.45) is 0 Å². The van der Waals surface area contributed by atoms with Gasteiger partial charge in [0.25, 0.3) is 0 Å². The molecule has 0 aliphatic carbocycles.